The van der Waals surface area contributed by atoms with E-state index in [1.54, 1.807) is 30.5 Å². The quantitative estimate of drug-likeness (QED) is 0.475. The number of amides is 1. The Morgan fingerprint density at radius 1 is 1.18 bits per heavy atom. The molecule has 1 amide bonds. The van der Waals surface area contributed by atoms with Gasteiger partial charge in [-0.2, -0.15) is 5.26 Å². The molecular weight excluding hydrogens is 377 g/mol. The molecule has 0 fully saturated rings. The normalized spacial score (nSPS) is 10.0. The molecule has 1 aromatic heterocycles. The van der Waals surface area contributed by atoms with Gasteiger partial charge in [-0.15, -0.1) is 0 Å². The van der Waals surface area contributed by atoms with E-state index in [4.69, 9.17) is 5.26 Å². The Labute approximate surface area is 165 Å². The van der Waals surface area contributed by atoms with Crippen molar-refractivity contribution in [3.63, 3.8) is 0 Å². The first-order chi connectivity index (χ1) is 13.6. The summed E-state index contributed by atoms with van der Waals surface area (Å²) in [6.45, 7) is 3.41. The highest BCUT2D eigenvalue weighted by atomic mass is 32.2. The van der Waals surface area contributed by atoms with Gasteiger partial charge in [-0.1, -0.05) is 18.3 Å². The maximum atomic E-state index is 13.4. The fourth-order valence-corrected chi connectivity index (χ4v) is 2.97. The lowest BCUT2D eigenvalue weighted by Gasteiger charge is -2.07. The highest BCUT2D eigenvalue weighted by Gasteiger charge is 2.06. The van der Waals surface area contributed by atoms with Crippen LogP contribution in [0.4, 0.5) is 21.7 Å². The average Bonchev–Trinajstić information content (AvgIpc) is 2.71. The molecule has 3 aromatic rings. The van der Waals surface area contributed by atoms with Crippen molar-refractivity contribution in [1.82, 2.24) is 9.97 Å². The summed E-state index contributed by atoms with van der Waals surface area (Å²) in [4.78, 5) is 20.8. The molecule has 138 valence electrons. The van der Waals surface area contributed by atoms with Crippen molar-refractivity contribution in [2.24, 2.45) is 0 Å². The maximum Gasteiger partial charge on any atom is 0.247 e. The third-order valence-corrected chi connectivity index (χ3v) is 4.45. The van der Waals surface area contributed by atoms with Gasteiger partial charge < -0.3 is 10.6 Å². The minimum absolute atomic E-state index is 0.0563. The van der Waals surface area contributed by atoms with Crippen LogP contribution in [0.3, 0.4) is 0 Å². The molecule has 2 N–H and O–H groups in total. The van der Waals surface area contributed by atoms with Crippen LogP contribution in [0.1, 0.15) is 5.56 Å². The number of halogens is 1. The van der Waals surface area contributed by atoms with E-state index in [1.165, 1.54) is 36.0 Å². The summed E-state index contributed by atoms with van der Waals surface area (Å²) in [7, 11) is 0. The van der Waals surface area contributed by atoms with Gasteiger partial charge in [0.2, 0.25) is 11.9 Å². The minimum atomic E-state index is -0.578. The van der Waals surface area contributed by atoms with Gasteiger partial charge in [0.15, 0.2) is 0 Å². The van der Waals surface area contributed by atoms with Crippen LogP contribution in [0.5, 0.6) is 0 Å². The number of hydrogen-bond donors (Lipinski definition) is 2. The molecule has 3 rings (SSSR count). The summed E-state index contributed by atoms with van der Waals surface area (Å²) in [6, 6.07) is 15.0. The number of hydrogen-bond acceptors (Lipinski definition) is 6. The van der Waals surface area contributed by atoms with Gasteiger partial charge in [0.05, 0.1) is 5.56 Å². The first-order valence-corrected chi connectivity index (χ1v) is 8.90. The van der Waals surface area contributed by atoms with E-state index in [0.29, 0.717) is 22.3 Å². The predicted molar refractivity (Wildman–Crippen MR) is 106 cm³/mol. The van der Waals surface area contributed by atoms with Crippen molar-refractivity contribution in [2.75, 3.05) is 10.6 Å². The molecule has 0 saturated heterocycles. The second-order valence-electron chi connectivity index (χ2n) is 5.47. The van der Waals surface area contributed by atoms with Crippen LogP contribution in [-0.2, 0) is 4.79 Å². The molecule has 0 atom stereocenters. The summed E-state index contributed by atoms with van der Waals surface area (Å²) in [5.41, 5.74) is 1.13. The van der Waals surface area contributed by atoms with Crippen LogP contribution in [0, 0.1) is 17.1 Å². The Morgan fingerprint density at radius 3 is 2.64 bits per heavy atom. The number of anilines is 3. The smallest absolute Gasteiger partial charge is 0.247 e. The molecule has 8 heteroatoms. The maximum absolute atomic E-state index is 13.4. The third kappa shape index (κ3) is 4.93. The second kappa shape index (κ2) is 8.79. The molecule has 0 saturated carbocycles. The molecule has 0 spiro atoms. The van der Waals surface area contributed by atoms with Crippen molar-refractivity contribution in [3.05, 3.63) is 78.8 Å². The highest BCUT2D eigenvalue weighted by molar-refractivity contribution is 7.99. The number of nitrogens with zero attached hydrogens (tertiary/aromatic N) is 3. The summed E-state index contributed by atoms with van der Waals surface area (Å²) in [5.74, 6) is -0.520. The zero-order chi connectivity index (χ0) is 19.9. The number of aromatic nitrogens is 2. The van der Waals surface area contributed by atoms with Crippen molar-refractivity contribution >= 4 is 35.0 Å². The lowest BCUT2D eigenvalue weighted by Crippen LogP contribution is -2.06. The standard InChI is InChI=1S/C20H14FN5OS/c1-2-18(27)24-14-3-6-16(7-4-14)28-19-9-10-23-20(26-19)25-15-5-8-17(21)13(11-15)12-22/h2-11H,1H2,(H,24,27)(H,23,25,26). The van der Waals surface area contributed by atoms with Crippen LogP contribution in [-0.4, -0.2) is 15.9 Å². The van der Waals surface area contributed by atoms with E-state index in [-0.39, 0.29) is 11.5 Å². The van der Waals surface area contributed by atoms with Crippen molar-refractivity contribution in [1.29, 1.82) is 5.26 Å². The molecule has 2 aromatic carbocycles. The topological polar surface area (TPSA) is 90.7 Å². The minimum Gasteiger partial charge on any atom is -0.324 e. The second-order valence-corrected chi connectivity index (χ2v) is 6.56. The van der Waals surface area contributed by atoms with E-state index >= 15 is 0 Å². The van der Waals surface area contributed by atoms with Crippen LogP contribution in [0.15, 0.2) is 77.3 Å². The Morgan fingerprint density at radius 2 is 1.93 bits per heavy atom. The number of carbonyl (C=O) groups excluding carboxylic acids is 1. The molecule has 0 radical (unpaired) electrons. The third-order valence-electron chi connectivity index (χ3n) is 3.50. The fraction of sp³-hybridized carbons (Fsp3) is 0. The Bertz CT molecular complexity index is 1060. The predicted octanol–water partition coefficient (Wildman–Crippen LogP) is 4.51. The summed E-state index contributed by atoms with van der Waals surface area (Å²) >= 11 is 1.42. The first kappa shape index (κ1) is 19.1. The highest BCUT2D eigenvalue weighted by Crippen LogP contribution is 2.28. The Kier molecular flexibility index (Phi) is 5.99. The van der Waals surface area contributed by atoms with Gasteiger partial charge in [-0.3, -0.25) is 4.79 Å². The summed E-state index contributed by atoms with van der Waals surface area (Å²) in [5, 5.41) is 15.3. The molecule has 28 heavy (non-hydrogen) atoms. The average molecular weight is 391 g/mol. The fourth-order valence-electron chi connectivity index (χ4n) is 2.20. The monoisotopic (exact) mass is 391 g/mol. The van der Waals surface area contributed by atoms with Crippen molar-refractivity contribution in [3.8, 4) is 6.07 Å². The zero-order valence-electron chi connectivity index (χ0n) is 14.5. The van der Waals surface area contributed by atoms with Gasteiger partial charge in [-0.25, -0.2) is 14.4 Å². The number of rotatable bonds is 6. The zero-order valence-corrected chi connectivity index (χ0v) is 15.3. The van der Waals surface area contributed by atoms with Crippen LogP contribution in [0.2, 0.25) is 0 Å². The molecular formula is C20H14FN5OS. The number of nitriles is 1. The number of nitrogens with one attached hydrogen (secondary N) is 2. The van der Waals surface area contributed by atoms with Crippen molar-refractivity contribution in [2.45, 2.75) is 9.92 Å². The lowest BCUT2D eigenvalue weighted by atomic mass is 10.2. The molecule has 6 nitrogen and oxygen atoms in total. The molecule has 0 unspecified atom stereocenters. The van der Waals surface area contributed by atoms with Crippen LogP contribution >= 0.6 is 11.8 Å². The van der Waals surface area contributed by atoms with E-state index in [2.05, 4.69) is 27.2 Å². The molecule has 0 aliphatic heterocycles. The van der Waals surface area contributed by atoms with E-state index in [9.17, 15) is 9.18 Å². The largest absolute Gasteiger partial charge is 0.324 e. The summed E-state index contributed by atoms with van der Waals surface area (Å²) < 4.78 is 13.4. The summed E-state index contributed by atoms with van der Waals surface area (Å²) in [6.07, 6.45) is 2.81. The van der Waals surface area contributed by atoms with E-state index in [1.807, 2.05) is 12.1 Å². The first-order valence-electron chi connectivity index (χ1n) is 8.08. The molecule has 1 heterocycles. The van der Waals surface area contributed by atoms with Crippen LogP contribution < -0.4 is 10.6 Å². The van der Waals surface area contributed by atoms with Crippen molar-refractivity contribution < 1.29 is 9.18 Å². The SMILES string of the molecule is C=CC(=O)Nc1ccc(Sc2ccnc(Nc3ccc(F)c(C#N)c3)n2)cc1. The van der Waals surface area contributed by atoms with Gasteiger partial charge >= 0.3 is 0 Å². The molecule has 0 bridgehead atoms. The van der Waals surface area contributed by atoms with Gasteiger partial charge in [0, 0.05) is 22.5 Å². The molecule has 0 aliphatic carbocycles. The number of carbonyl (C=O) groups is 1. The van der Waals surface area contributed by atoms with E-state index < -0.39 is 5.82 Å². The Hall–Kier alpha value is -3.70. The van der Waals surface area contributed by atoms with Gasteiger partial charge in [0.25, 0.3) is 0 Å². The number of benzene rings is 2. The van der Waals surface area contributed by atoms with Gasteiger partial charge in [0.1, 0.15) is 16.9 Å². The van der Waals surface area contributed by atoms with E-state index in [0.717, 1.165) is 4.90 Å². The van der Waals surface area contributed by atoms with Crippen LogP contribution in [0.25, 0.3) is 0 Å². The van der Waals surface area contributed by atoms with Gasteiger partial charge in [-0.05, 0) is 54.6 Å². The molecule has 0 aliphatic rings. The lowest BCUT2D eigenvalue weighted by molar-refractivity contribution is -0.111. The Balaban J connectivity index is 1.70.